The summed E-state index contributed by atoms with van der Waals surface area (Å²) in [5.41, 5.74) is 4.02. The number of hydrogen-bond donors (Lipinski definition) is 0. The van der Waals surface area contributed by atoms with Crippen molar-refractivity contribution in [2.45, 2.75) is 39.0 Å². The minimum absolute atomic E-state index is 0.379. The quantitative estimate of drug-likeness (QED) is 0.776. The minimum atomic E-state index is 0.379. The summed E-state index contributed by atoms with van der Waals surface area (Å²) in [6.07, 6.45) is 4.59. The van der Waals surface area contributed by atoms with E-state index in [-0.39, 0.29) is 0 Å². The van der Waals surface area contributed by atoms with Crippen LogP contribution < -0.4 is 0 Å². The first kappa shape index (κ1) is 11.5. The molecule has 1 aliphatic rings. The summed E-state index contributed by atoms with van der Waals surface area (Å²) < 4.78 is 0. The van der Waals surface area contributed by atoms with Gasteiger partial charge in [0, 0.05) is 12.8 Å². The van der Waals surface area contributed by atoms with E-state index in [1.807, 2.05) is 0 Å². The number of fused-ring (bicyclic) bond motifs is 2. The zero-order valence-electron chi connectivity index (χ0n) is 10.8. The second-order valence-electron chi connectivity index (χ2n) is 5.27. The van der Waals surface area contributed by atoms with E-state index in [9.17, 15) is 4.79 Å². The van der Waals surface area contributed by atoms with E-state index in [0.29, 0.717) is 18.6 Å². The van der Waals surface area contributed by atoms with Gasteiger partial charge < -0.3 is 0 Å². The van der Waals surface area contributed by atoms with E-state index in [4.69, 9.17) is 0 Å². The van der Waals surface area contributed by atoms with Crippen LogP contribution in [0.4, 0.5) is 0 Å². The molecule has 0 fully saturated rings. The highest BCUT2D eigenvalue weighted by atomic mass is 16.1. The van der Waals surface area contributed by atoms with E-state index < -0.39 is 0 Å². The number of carbonyl (C=O) groups is 1. The number of benzene rings is 2. The molecule has 0 saturated carbocycles. The maximum atomic E-state index is 11.5. The fourth-order valence-corrected chi connectivity index (χ4v) is 2.86. The summed E-state index contributed by atoms with van der Waals surface area (Å²) in [6.45, 7) is 2.21. The Morgan fingerprint density at radius 1 is 1.00 bits per heavy atom. The molecule has 0 bridgehead atoms. The smallest absolute Gasteiger partial charge is 0.137 e. The Labute approximate surface area is 108 Å². The second-order valence-corrected chi connectivity index (χ2v) is 5.27. The molecule has 0 N–H and O–H groups in total. The molecule has 2 aromatic rings. The van der Waals surface area contributed by atoms with Crippen molar-refractivity contribution < 1.29 is 4.79 Å². The van der Waals surface area contributed by atoms with E-state index in [1.54, 1.807) is 0 Å². The van der Waals surface area contributed by atoms with Crippen molar-refractivity contribution in [3.63, 3.8) is 0 Å². The van der Waals surface area contributed by atoms with E-state index in [2.05, 4.69) is 37.3 Å². The molecule has 0 saturated heterocycles. The van der Waals surface area contributed by atoms with Crippen LogP contribution in [0.25, 0.3) is 10.8 Å². The Morgan fingerprint density at radius 2 is 1.83 bits per heavy atom. The average Bonchev–Trinajstić information content (AvgIpc) is 2.37. The van der Waals surface area contributed by atoms with Crippen molar-refractivity contribution in [1.82, 2.24) is 0 Å². The molecule has 0 aromatic heterocycles. The minimum Gasteiger partial charge on any atom is -0.299 e. The van der Waals surface area contributed by atoms with Crippen LogP contribution in [0.3, 0.4) is 0 Å². The highest BCUT2D eigenvalue weighted by Gasteiger charge is 2.15. The lowest BCUT2D eigenvalue weighted by Crippen LogP contribution is -2.12. The van der Waals surface area contributed by atoms with Crippen LogP contribution in [0.2, 0.25) is 0 Å². The number of aryl methyl sites for hydroxylation is 2. The van der Waals surface area contributed by atoms with Gasteiger partial charge in [-0.05, 0) is 40.3 Å². The van der Waals surface area contributed by atoms with E-state index in [0.717, 1.165) is 12.8 Å². The van der Waals surface area contributed by atoms with Crippen LogP contribution in [-0.4, -0.2) is 5.78 Å². The molecule has 0 spiro atoms. The van der Waals surface area contributed by atoms with Gasteiger partial charge in [-0.1, -0.05) is 43.7 Å². The van der Waals surface area contributed by atoms with Crippen molar-refractivity contribution in [1.29, 1.82) is 0 Å². The third kappa shape index (κ3) is 2.05. The number of carbonyl (C=O) groups excluding carboxylic acids is 1. The predicted octanol–water partition coefficient (Wildman–Crippen LogP) is 3.85. The molecular formula is C17H18O. The molecule has 1 aliphatic carbocycles. The van der Waals surface area contributed by atoms with Crippen molar-refractivity contribution in [3.8, 4) is 0 Å². The van der Waals surface area contributed by atoms with Crippen LogP contribution in [0.1, 0.15) is 36.5 Å². The van der Waals surface area contributed by atoms with Crippen LogP contribution in [0.15, 0.2) is 30.3 Å². The number of ketones is 1. The van der Waals surface area contributed by atoms with Gasteiger partial charge in [-0.15, -0.1) is 0 Å². The van der Waals surface area contributed by atoms with Gasteiger partial charge >= 0.3 is 0 Å². The molecule has 18 heavy (non-hydrogen) atoms. The molecule has 0 aliphatic heterocycles. The van der Waals surface area contributed by atoms with Crippen molar-refractivity contribution in [2.24, 2.45) is 0 Å². The van der Waals surface area contributed by atoms with E-state index >= 15 is 0 Å². The second kappa shape index (κ2) is 4.56. The van der Waals surface area contributed by atoms with Crippen molar-refractivity contribution >= 4 is 16.6 Å². The number of rotatable bonds is 2. The van der Waals surface area contributed by atoms with Crippen LogP contribution in [-0.2, 0) is 24.1 Å². The maximum Gasteiger partial charge on any atom is 0.137 e. The van der Waals surface area contributed by atoms with Gasteiger partial charge in [0.2, 0.25) is 0 Å². The number of Topliss-reactive ketones (excluding diaryl/α,β-unsaturated/α-hetero) is 1. The molecule has 2 aromatic carbocycles. The molecule has 3 rings (SSSR count). The fraction of sp³-hybridized carbons (Fsp3) is 0.353. The lowest BCUT2D eigenvalue weighted by molar-refractivity contribution is -0.118. The first-order valence-corrected chi connectivity index (χ1v) is 6.82. The van der Waals surface area contributed by atoms with Gasteiger partial charge in [0.25, 0.3) is 0 Å². The summed E-state index contributed by atoms with van der Waals surface area (Å²) in [4.78, 5) is 11.5. The largest absolute Gasteiger partial charge is 0.299 e. The highest BCUT2D eigenvalue weighted by molar-refractivity contribution is 5.89. The molecule has 0 atom stereocenters. The summed E-state index contributed by atoms with van der Waals surface area (Å²) in [6, 6.07) is 11.2. The predicted molar refractivity (Wildman–Crippen MR) is 75.0 cm³/mol. The van der Waals surface area contributed by atoms with Crippen LogP contribution in [0.5, 0.6) is 0 Å². The third-order valence-corrected chi connectivity index (χ3v) is 3.82. The highest BCUT2D eigenvalue weighted by Crippen LogP contribution is 2.26. The SMILES string of the molecule is CCCc1ccc2cc3c(cc2c1)CCC(=O)C3. The topological polar surface area (TPSA) is 17.1 Å². The Morgan fingerprint density at radius 3 is 2.67 bits per heavy atom. The van der Waals surface area contributed by atoms with Crippen molar-refractivity contribution in [3.05, 3.63) is 47.0 Å². The average molecular weight is 238 g/mol. The molecule has 0 amide bonds. The van der Waals surface area contributed by atoms with Gasteiger partial charge in [-0.2, -0.15) is 0 Å². The standard InChI is InChI=1S/C17H18O/c1-2-3-12-4-5-13-10-16-11-17(18)7-6-14(16)9-15(13)8-12/h4-5,8-10H,2-3,6-7,11H2,1H3. The Hall–Kier alpha value is -1.63. The maximum absolute atomic E-state index is 11.5. The molecule has 1 nitrogen and oxygen atoms in total. The zero-order chi connectivity index (χ0) is 12.5. The van der Waals surface area contributed by atoms with Crippen LogP contribution in [0, 0.1) is 0 Å². The molecule has 1 heteroatoms. The van der Waals surface area contributed by atoms with Crippen LogP contribution >= 0.6 is 0 Å². The summed E-state index contributed by atoms with van der Waals surface area (Å²) >= 11 is 0. The molecule has 0 radical (unpaired) electrons. The number of hydrogen-bond acceptors (Lipinski definition) is 1. The van der Waals surface area contributed by atoms with Gasteiger partial charge in [-0.25, -0.2) is 0 Å². The first-order chi connectivity index (χ1) is 8.76. The molecule has 0 unspecified atom stereocenters. The van der Waals surface area contributed by atoms with Gasteiger partial charge in [0.1, 0.15) is 5.78 Å². The van der Waals surface area contributed by atoms with Crippen molar-refractivity contribution in [2.75, 3.05) is 0 Å². The summed E-state index contributed by atoms with van der Waals surface area (Å²) in [7, 11) is 0. The Balaban J connectivity index is 2.09. The first-order valence-electron chi connectivity index (χ1n) is 6.82. The van der Waals surface area contributed by atoms with Gasteiger partial charge in [0.05, 0.1) is 0 Å². The Kier molecular flexibility index (Phi) is 2.91. The van der Waals surface area contributed by atoms with Gasteiger partial charge in [-0.3, -0.25) is 4.79 Å². The fourth-order valence-electron chi connectivity index (χ4n) is 2.86. The van der Waals surface area contributed by atoms with Gasteiger partial charge in [0.15, 0.2) is 0 Å². The zero-order valence-corrected chi connectivity index (χ0v) is 10.8. The lowest BCUT2D eigenvalue weighted by Gasteiger charge is -2.16. The Bertz CT molecular complexity index is 610. The third-order valence-electron chi connectivity index (χ3n) is 3.82. The lowest BCUT2D eigenvalue weighted by atomic mass is 9.88. The van der Waals surface area contributed by atoms with E-state index in [1.165, 1.54) is 33.9 Å². The summed E-state index contributed by atoms with van der Waals surface area (Å²) in [5.74, 6) is 0.379. The molecule has 0 heterocycles. The normalized spacial score (nSPS) is 14.8. The summed E-state index contributed by atoms with van der Waals surface area (Å²) in [5, 5.41) is 2.59. The monoisotopic (exact) mass is 238 g/mol. The molecular weight excluding hydrogens is 220 g/mol. The molecule has 92 valence electrons.